The van der Waals surface area contributed by atoms with Crippen molar-refractivity contribution in [3.05, 3.63) is 0 Å². The summed E-state index contributed by atoms with van der Waals surface area (Å²) in [5, 5.41) is 0. The highest BCUT2D eigenvalue weighted by atomic mass is 35.5. The fraction of sp³-hybridized carbons (Fsp3) is 0.882. The first kappa shape index (κ1) is 20.2. The number of carbonyl (C=O) groups excluding carboxylic acids is 2. The Bertz CT molecular complexity index is 419. The Kier molecular flexibility index (Phi) is 7.81. The summed E-state index contributed by atoms with van der Waals surface area (Å²) in [5.74, 6) is 0.696. The first-order valence-electron chi connectivity index (χ1n) is 8.80. The number of rotatable bonds is 4. The van der Waals surface area contributed by atoms with Gasteiger partial charge in [-0.1, -0.05) is 20.3 Å². The molecule has 1 aliphatic heterocycles. The smallest absolute Gasteiger partial charge is 0.223 e. The number of nitrogens with two attached hydrogens (primary N) is 1. The van der Waals surface area contributed by atoms with Crippen LogP contribution in [0.4, 0.5) is 0 Å². The van der Waals surface area contributed by atoms with Gasteiger partial charge in [-0.3, -0.25) is 9.59 Å². The maximum Gasteiger partial charge on any atom is 0.223 e. The molecule has 0 bridgehead atoms. The Morgan fingerprint density at radius 1 is 1.04 bits per heavy atom. The van der Waals surface area contributed by atoms with Crippen molar-refractivity contribution in [3.8, 4) is 0 Å². The van der Waals surface area contributed by atoms with Crippen molar-refractivity contribution in [1.82, 2.24) is 9.80 Å². The van der Waals surface area contributed by atoms with E-state index in [9.17, 15) is 9.59 Å². The Morgan fingerprint density at radius 2 is 1.61 bits per heavy atom. The van der Waals surface area contributed by atoms with Crippen LogP contribution in [0.3, 0.4) is 0 Å². The zero-order valence-corrected chi connectivity index (χ0v) is 15.5. The molecule has 1 saturated carbocycles. The summed E-state index contributed by atoms with van der Waals surface area (Å²) in [5.41, 5.74) is 6.12. The molecule has 1 aliphatic carbocycles. The Hall–Kier alpha value is -0.810. The van der Waals surface area contributed by atoms with Gasteiger partial charge >= 0.3 is 0 Å². The van der Waals surface area contributed by atoms with Crippen molar-refractivity contribution < 1.29 is 9.59 Å². The summed E-state index contributed by atoms with van der Waals surface area (Å²) in [4.78, 5) is 28.6. The first-order valence-corrected chi connectivity index (χ1v) is 8.80. The minimum absolute atomic E-state index is 0. The summed E-state index contributed by atoms with van der Waals surface area (Å²) in [6.07, 6.45) is 5.63. The van der Waals surface area contributed by atoms with E-state index in [0.29, 0.717) is 25.4 Å². The van der Waals surface area contributed by atoms with Gasteiger partial charge in [0.1, 0.15) is 0 Å². The number of halogens is 1. The molecule has 1 heterocycles. The zero-order chi connectivity index (χ0) is 16.3. The monoisotopic (exact) mass is 345 g/mol. The van der Waals surface area contributed by atoms with Crippen LogP contribution in [0.5, 0.6) is 0 Å². The lowest BCUT2D eigenvalue weighted by Gasteiger charge is -2.46. The van der Waals surface area contributed by atoms with Crippen LogP contribution in [-0.4, -0.2) is 52.8 Å². The zero-order valence-electron chi connectivity index (χ0n) is 14.7. The second-order valence-electron chi connectivity index (χ2n) is 6.90. The van der Waals surface area contributed by atoms with Gasteiger partial charge in [0.2, 0.25) is 11.8 Å². The molecule has 0 aromatic rings. The number of nitrogens with zero attached hydrogens (tertiary/aromatic N) is 2. The number of piperazine rings is 1. The van der Waals surface area contributed by atoms with Gasteiger partial charge in [-0.15, -0.1) is 12.4 Å². The average molecular weight is 346 g/mol. The molecule has 2 aliphatic rings. The minimum Gasteiger partial charge on any atom is -0.336 e. The normalized spacial score (nSPS) is 31.0. The van der Waals surface area contributed by atoms with Crippen molar-refractivity contribution in [1.29, 1.82) is 0 Å². The van der Waals surface area contributed by atoms with Crippen molar-refractivity contribution in [3.63, 3.8) is 0 Å². The van der Waals surface area contributed by atoms with Crippen LogP contribution in [0.25, 0.3) is 0 Å². The van der Waals surface area contributed by atoms with E-state index < -0.39 is 0 Å². The molecule has 2 unspecified atom stereocenters. The van der Waals surface area contributed by atoms with E-state index in [-0.39, 0.29) is 42.3 Å². The van der Waals surface area contributed by atoms with Gasteiger partial charge < -0.3 is 15.5 Å². The number of hydrogen-bond donors (Lipinski definition) is 1. The van der Waals surface area contributed by atoms with Gasteiger partial charge in [-0.25, -0.2) is 0 Å². The lowest BCUT2D eigenvalue weighted by molar-refractivity contribution is -0.146. The van der Waals surface area contributed by atoms with E-state index in [1.165, 1.54) is 0 Å². The molecular formula is C17H32ClN3O2. The second kappa shape index (κ2) is 8.88. The molecule has 0 radical (unpaired) electrons. The third-order valence-corrected chi connectivity index (χ3v) is 5.52. The molecule has 2 N–H and O–H groups in total. The summed E-state index contributed by atoms with van der Waals surface area (Å²) in [7, 11) is 0. The molecule has 23 heavy (non-hydrogen) atoms. The van der Waals surface area contributed by atoms with Gasteiger partial charge in [0.05, 0.1) is 0 Å². The van der Waals surface area contributed by atoms with Crippen LogP contribution < -0.4 is 5.73 Å². The van der Waals surface area contributed by atoms with E-state index in [1.807, 2.05) is 9.80 Å². The summed E-state index contributed by atoms with van der Waals surface area (Å²) in [6, 6.07) is 0.489. The summed E-state index contributed by atoms with van der Waals surface area (Å²) in [6.45, 7) is 7.16. The second-order valence-corrected chi connectivity index (χ2v) is 6.90. The molecule has 2 rings (SSSR count). The molecule has 1 saturated heterocycles. The molecule has 0 aromatic carbocycles. The van der Waals surface area contributed by atoms with E-state index in [1.54, 1.807) is 6.92 Å². The van der Waals surface area contributed by atoms with Crippen molar-refractivity contribution >= 4 is 24.2 Å². The highest BCUT2D eigenvalue weighted by Gasteiger charge is 2.37. The molecular weight excluding hydrogens is 314 g/mol. The van der Waals surface area contributed by atoms with Gasteiger partial charge in [0.25, 0.3) is 0 Å². The van der Waals surface area contributed by atoms with Crippen LogP contribution in [0, 0.1) is 5.92 Å². The summed E-state index contributed by atoms with van der Waals surface area (Å²) < 4.78 is 0. The third-order valence-electron chi connectivity index (χ3n) is 5.52. The van der Waals surface area contributed by atoms with Gasteiger partial charge in [-0.05, 0) is 31.6 Å². The predicted molar refractivity (Wildman–Crippen MR) is 94.4 cm³/mol. The summed E-state index contributed by atoms with van der Waals surface area (Å²) >= 11 is 0. The maximum absolute atomic E-state index is 12.8. The van der Waals surface area contributed by atoms with E-state index in [0.717, 1.165) is 32.1 Å². The molecule has 0 spiro atoms. The predicted octanol–water partition coefficient (Wildman–Crippen LogP) is 2.17. The SMILES string of the molecule is CCC1CN(C(=O)C[C@@H]2CCC[C@H]2N)C(CC)CN1C(C)=O.Cl. The standard InChI is InChI=1S/C17H31N3O2.ClH/c1-4-14-11-20(15(5-2)10-19(14)12(3)21)17(22)9-13-7-6-8-16(13)18;/h13-16H,4-11,18H2,1-3H3;1H/t13-,14?,15?,16+;/m0./s1. The Labute approximate surface area is 146 Å². The largest absolute Gasteiger partial charge is 0.336 e. The highest BCUT2D eigenvalue weighted by molar-refractivity contribution is 5.85. The van der Waals surface area contributed by atoms with Crippen LogP contribution in [0.15, 0.2) is 0 Å². The van der Waals surface area contributed by atoms with Crippen molar-refractivity contribution in [2.75, 3.05) is 13.1 Å². The lowest BCUT2D eigenvalue weighted by Crippen LogP contribution is -2.60. The maximum atomic E-state index is 12.8. The fourth-order valence-electron chi connectivity index (χ4n) is 4.00. The molecule has 0 aromatic heterocycles. The molecule has 4 atom stereocenters. The van der Waals surface area contributed by atoms with Crippen LogP contribution in [-0.2, 0) is 9.59 Å². The van der Waals surface area contributed by atoms with Gasteiger partial charge in [0.15, 0.2) is 0 Å². The van der Waals surface area contributed by atoms with Gasteiger partial charge in [0, 0.05) is 44.6 Å². The third kappa shape index (κ3) is 4.60. The molecule has 134 valence electrons. The number of amides is 2. The van der Waals surface area contributed by atoms with E-state index in [2.05, 4.69) is 13.8 Å². The molecule has 5 nitrogen and oxygen atoms in total. The topological polar surface area (TPSA) is 66.6 Å². The number of hydrogen-bond acceptors (Lipinski definition) is 3. The van der Waals surface area contributed by atoms with Crippen LogP contribution in [0.2, 0.25) is 0 Å². The Balaban J connectivity index is 0.00000264. The van der Waals surface area contributed by atoms with Crippen LogP contribution >= 0.6 is 12.4 Å². The minimum atomic E-state index is 0. The number of carbonyl (C=O) groups is 2. The van der Waals surface area contributed by atoms with Gasteiger partial charge in [-0.2, -0.15) is 0 Å². The van der Waals surface area contributed by atoms with E-state index in [4.69, 9.17) is 5.73 Å². The Morgan fingerprint density at radius 3 is 2.09 bits per heavy atom. The van der Waals surface area contributed by atoms with Crippen molar-refractivity contribution in [2.24, 2.45) is 11.7 Å². The fourth-order valence-corrected chi connectivity index (χ4v) is 4.00. The first-order chi connectivity index (χ1) is 10.5. The molecule has 2 fully saturated rings. The quantitative estimate of drug-likeness (QED) is 0.849. The van der Waals surface area contributed by atoms with E-state index >= 15 is 0 Å². The lowest BCUT2D eigenvalue weighted by atomic mass is 9.96. The highest BCUT2D eigenvalue weighted by Crippen LogP contribution is 2.29. The molecule has 2 amide bonds. The molecule has 6 heteroatoms. The average Bonchev–Trinajstić information content (AvgIpc) is 2.90. The van der Waals surface area contributed by atoms with Crippen LogP contribution in [0.1, 0.15) is 59.3 Å². The van der Waals surface area contributed by atoms with Crippen molar-refractivity contribution in [2.45, 2.75) is 77.4 Å².